The highest BCUT2D eigenvalue weighted by Gasteiger charge is 2.24. The second kappa shape index (κ2) is 5.58. The van der Waals surface area contributed by atoms with Crippen molar-refractivity contribution in [2.75, 3.05) is 43.1 Å². The molecule has 1 fully saturated rings. The third kappa shape index (κ3) is 2.65. The van der Waals surface area contributed by atoms with Crippen LogP contribution < -0.4 is 10.2 Å². The molecular weight excluding hydrogens is 238 g/mol. The molecule has 1 aromatic rings. The van der Waals surface area contributed by atoms with E-state index in [1.165, 1.54) is 6.20 Å². The maximum atomic E-state index is 11.0. The Morgan fingerprint density at radius 2 is 2.28 bits per heavy atom. The lowest BCUT2D eigenvalue weighted by atomic mass is 10.3. The Morgan fingerprint density at radius 1 is 1.56 bits per heavy atom. The Balaban J connectivity index is 2.33. The van der Waals surface area contributed by atoms with Crippen molar-refractivity contribution < 1.29 is 9.66 Å². The number of ether oxygens (including phenoxy) is 1. The fourth-order valence-electron chi connectivity index (χ4n) is 1.75. The molecule has 0 bridgehead atoms. The van der Waals surface area contributed by atoms with E-state index in [-0.39, 0.29) is 5.69 Å². The van der Waals surface area contributed by atoms with E-state index in [2.05, 4.69) is 15.3 Å². The molecule has 0 amide bonds. The lowest BCUT2D eigenvalue weighted by Crippen LogP contribution is -2.37. The predicted molar refractivity (Wildman–Crippen MR) is 65.9 cm³/mol. The molecular formula is C10H15N5O3. The molecule has 1 saturated heterocycles. The number of rotatable bonds is 4. The zero-order valence-electron chi connectivity index (χ0n) is 10.1. The van der Waals surface area contributed by atoms with Gasteiger partial charge >= 0.3 is 5.69 Å². The van der Waals surface area contributed by atoms with E-state index >= 15 is 0 Å². The first-order valence-electron chi connectivity index (χ1n) is 5.80. The summed E-state index contributed by atoms with van der Waals surface area (Å²) in [4.78, 5) is 20.5. The third-order valence-corrected chi connectivity index (χ3v) is 2.59. The topological polar surface area (TPSA) is 93.4 Å². The number of morpholine rings is 1. The van der Waals surface area contributed by atoms with Gasteiger partial charge in [0.2, 0.25) is 11.8 Å². The summed E-state index contributed by atoms with van der Waals surface area (Å²) in [6.45, 7) is 4.89. The fraction of sp³-hybridized carbons (Fsp3) is 0.600. The van der Waals surface area contributed by atoms with Crippen molar-refractivity contribution in [1.29, 1.82) is 0 Å². The summed E-state index contributed by atoms with van der Waals surface area (Å²) in [7, 11) is 0. The Bertz CT molecular complexity index is 434. The summed E-state index contributed by atoms with van der Waals surface area (Å²) in [5.41, 5.74) is -0.0708. The number of hydrogen-bond acceptors (Lipinski definition) is 7. The van der Waals surface area contributed by atoms with Crippen molar-refractivity contribution >= 4 is 17.5 Å². The molecule has 18 heavy (non-hydrogen) atoms. The summed E-state index contributed by atoms with van der Waals surface area (Å²) >= 11 is 0. The molecule has 0 unspecified atom stereocenters. The number of aromatic nitrogens is 2. The number of nitrogens with one attached hydrogen (secondary N) is 1. The molecule has 2 heterocycles. The Hall–Kier alpha value is -1.96. The van der Waals surface area contributed by atoms with Gasteiger partial charge in [-0.05, 0) is 6.92 Å². The third-order valence-electron chi connectivity index (χ3n) is 2.59. The molecule has 8 nitrogen and oxygen atoms in total. The van der Waals surface area contributed by atoms with Gasteiger partial charge in [-0.1, -0.05) is 0 Å². The standard InChI is InChI=1S/C10H15N5O3/c1-2-11-10-12-7-8(15(16)17)9(13-10)14-3-5-18-6-4-14/h7H,2-6H2,1H3,(H,11,12,13). The van der Waals surface area contributed by atoms with Crippen LogP contribution in [0.4, 0.5) is 17.5 Å². The lowest BCUT2D eigenvalue weighted by Gasteiger charge is -2.27. The average Bonchev–Trinajstić information content (AvgIpc) is 2.40. The van der Waals surface area contributed by atoms with E-state index in [0.29, 0.717) is 44.6 Å². The highest BCUT2D eigenvalue weighted by molar-refractivity contribution is 5.59. The van der Waals surface area contributed by atoms with Crippen molar-refractivity contribution in [3.8, 4) is 0 Å². The van der Waals surface area contributed by atoms with Crippen molar-refractivity contribution in [2.24, 2.45) is 0 Å². The molecule has 0 aliphatic carbocycles. The van der Waals surface area contributed by atoms with Gasteiger partial charge in [0.15, 0.2) is 0 Å². The van der Waals surface area contributed by atoms with E-state index in [1.54, 1.807) is 0 Å². The van der Waals surface area contributed by atoms with Gasteiger partial charge in [-0.15, -0.1) is 0 Å². The molecule has 98 valence electrons. The second-order valence-corrected chi connectivity index (χ2v) is 3.79. The Morgan fingerprint density at radius 3 is 2.89 bits per heavy atom. The lowest BCUT2D eigenvalue weighted by molar-refractivity contribution is -0.384. The van der Waals surface area contributed by atoms with Gasteiger partial charge in [-0.2, -0.15) is 4.98 Å². The van der Waals surface area contributed by atoms with Crippen LogP contribution in [0.5, 0.6) is 0 Å². The largest absolute Gasteiger partial charge is 0.378 e. The summed E-state index contributed by atoms with van der Waals surface area (Å²) in [6, 6.07) is 0. The first-order chi connectivity index (χ1) is 8.72. The summed E-state index contributed by atoms with van der Waals surface area (Å²) in [5.74, 6) is 0.763. The van der Waals surface area contributed by atoms with Crippen molar-refractivity contribution in [1.82, 2.24) is 9.97 Å². The van der Waals surface area contributed by atoms with Crippen LogP contribution in [-0.2, 0) is 4.74 Å². The van der Waals surface area contributed by atoms with Gasteiger partial charge in [0.1, 0.15) is 6.20 Å². The minimum absolute atomic E-state index is 0.0708. The molecule has 0 saturated carbocycles. The van der Waals surface area contributed by atoms with E-state index in [1.807, 2.05) is 11.8 Å². The molecule has 1 aromatic heterocycles. The van der Waals surface area contributed by atoms with Gasteiger partial charge in [0, 0.05) is 19.6 Å². The molecule has 8 heteroatoms. The molecule has 1 aliphatic heterocycles. The minimum Gasteiger partial charge on any atom is -0.378 e. The zero-order chi connectivity index (χ0) is 13.0. The second-order valence-electron chi connectivity index (χ2n) is 3.79. The quantitative estimate of drug-likeness (QED) is 0.622. The van der Waals surface area contributed by atoms with E-state index < -0.39 is 4.92 Å². The molecule has 0 aromatic carbocycles. The van der Waals surface area contributed by atoms with Crippen LogP contribution in [0.3, 0.4) is 0 Å². The maximum absolute atomic E-state index is 11.0. The minimum atomic E-state index is -0.458. The highest BCUT2D eigenvalue weighted by atomic mass is 16.6. The van der Waals surface area contributed by atoms with Crippen LogP contribution in [0.2, 0.25) is 0 Å². The van der Waals surface area contributed by atoms with E-state index in [9.17, 15) is 10.1 Å². The van der Waals surface area contributed by atoms with Gasteiger partial charge in [-0.3, -0.25) is 10.1 Å². The van der Waals surface area contributed by atoms with Gasteiger partial charge in [0.05, 0.1) is 18.1 Å². The monoisotopic (exact) mass is 253 g/mol. The highest BCUT2D eigenvalue weighted by Crippen LogP contribution is 2.26. The predicted octanol–water partition coefficient (Wildman–Crippen LogP) is 0.653. The van der Waals surface area contributed by atoms with Gasteiger partial charge < -0.3 is 15.0 Å². The normalized spacial score (nSPS) is 15.5. The SMILES string of the molecule is CCNc1ncc([N+](=O)[O-])c(N2CCOCC2)n1. The van der Waals surface area contributed by atoms with E-state index in [0.717, 1.165) is 0 Å². The fourth-order valence-corrected chi connectivity index (χ4v) is 1.75. The van der Waals surface area contributed by atoms with Crippen LogP contribution in [-0.4, -0.2) is 47.7 Å². The molecule has 1 N–H and O–H groups in total. The number of anilines is 2. The molecule has 1 aliphatic rings. The first kappa shape index (κ1) is 12.5. The van der Waals surface area contributed by atoms with Crippen LogP contribution in [0.1, 0.15) is 6.92 Å². The molecule has 0 radical (unpaired) electrons. The number of nitro groups is 1. The van der Waals surface area contributed by atoms with Crippen LogP contribution in [0.15, 0.2) is 6.20 Å². The molecule has 2 rings (SSSR count). The van der Waals surface area contributed by atoms with Crippen molar-refractivity contribution in [3.05, 3.63) is 16.3 Å². The zero-order valence-corrected chi connectivity index (χ0v) is 10.1. The van der Waals surface area contributed by atoms with Crippen molar-refractivity contribution in [3.63, 3.8) is 0 Å². The van der Waals surface area contributed by atoms with Crippen LogP contribution in [0, 0.1) is 10.1 Å². The first-order valence-corrected chi connectivity index (χ1v) is 5.80. The van der Waals surface area contributed by atoms with Crippen LogP contribution in [0.25, 0.3) is 0 Å². The smallest absolute Gasteiger partial charge is 0.329 e. The number of hydrogen-bond donors (Lipinski definition) is 1. The molecule has 0 spiro atoms. The summed E-state index contributed by atoms with van der Waals surface area (Å²) in [5, 5.41) is 13.9. The van der Waals surface area contributed by atoms with E-state index in [4.69, 9.17) is 4.74 Å². The van der Waals surface area contributed by atoms with Crippen LogP contribution >= 0.6 is 0 Å². The van der Waals surface area contributed by atoms with Gasteiger partial charge in [0.25, 0.3) is 0 Å². The van der Waals surface area contributed by atoms with Crippen molar-refractivity contribution in [2.45, 2.75) is 6.92 Å². The average molecular weight is 253 g/mol. The van der Waals surface area contributed by atoms with Gasteiger partial charge in [-0.25, -0.2) is 4.98 Å². The number of nitrogens with zero attached hydrogens (tertiary/aromatic N) is 4. The maximum Gasteiger partial charge on any atom is 0.329 e. The Kier molecular flexibility index (Phi) is 3.88. The summed E-state index contributed by atoms with van der Waals surface area (Å²) < 4.78 is 5.23. The molecule has 0 atom stereocenters. The Labute approximate surface area is 104 Å². The summed E-state index contributed by atoms with van der Waals surface area (Å²) in [6.07, 6.45) is 1.25.